The Morgan fingerprint density at radius 2 is 1.94 bits per heavy atom. The third-order valence-corrected chi connectivity index (χ3v) is 3.25. The van der Waals surface area contributed by atoms with Gasteiger partial charge >= 0.3 is 6.09 Å². The summed E-state index contributed by atoms with van der Waals surface area (Å²) < 4.78 is 5.95. The van der Waals surface area contributed by atoms with E-state index in [9.17, 15) is 4.79 Å². The van der Waals surface area contributed by atoms with Crippen LogP contribution in [0.4, 0.5) is 10.5 Å². The van der Waals surface area contributed by atoms with E-state index < -0.39 is 6.09 Å². The number of hydrogen-bond donors (Lipinski definition) is 1. The Morgan fingerprint density at radius 3 is 2.44 bits per heavy atom. The first-order valence-electron chi connectivity index (χ1n) is 5.90. The summed E-state index contributed by atoms with van der Waals surface area (Å²) in [6.07, 6.45) is -0.440. The number of carbonyl (C=O) groups excluding carboxylic acids is 1. The van der Waals surface area contributed by atoms with Crippen LogP contribution in [-0.4, -0.2) is 33.3 Å². The molecule has 0 unspecified atom stereocenters. The fourth-order valence-corrected chi connectivity index (χ4v) is 1.63. The zero-order valence-electron chi connectivity index (χ0n) is 11.4. The van der Waals surface area contributed by atoms with E-state index >= 15 is 0 Å². The normalized spacial score (nSPS) is 10.4. The van der Waals surface area contributed by atoms with Crippen molar-refractivity contribution in [3.63, 3.8) is 0 Å². The maximum atomic E-state index is 11.1. The number of carbonyl (C=O) groups is 1. The van der Waals surface area contributed by atoms with Gasteiger partial charge in [0, 0.05) is 13.1 Å². The molecule has 1 rings (SSSR count). The van der Waals surface area contributed by atoms with E-state index in [1.165, 1.54) is 0 Å². The number of ether oxygens (including phenoxy) is 1. The Kier molecular flexibility index (Phi) is 7.23. The fraction of sp³-hybridized carbons (Fsp3) is 0.462. The second-order valence-electron chi connectivity index (χ2n) is 4.17. The molecule has 0 aromatic heterocycles. The van der Waals surface area contributed by atoms with Gasteiger partial charge in [0.15, 0.2) is 0 Å². The molecule has 0 saturated carbocycles. The topological polar surface area (TPSA) is 38.3 Å². The summed E-state index contributed by atoms with van der Waals surface area (Å²) in [7, 11) is 3.71. The molecule has 0 heterocycles. The maximum Gasteiger partial charge on any atom is 0.412 e. The molecule has 1 N–H and O–H groups in total. The third kappa shape index (κ3) is 4.13. The van der Waals surface area contributed by atoms with Gasteiger partial charge in [0.05, 0.1) is 20.1 Å². The van der Waals surface area contributed by atoms with E-state index in [2.05, 4.69) is 32.3 Å². The van der Waals surface area contributed by atoms with Crippen molar-refractivity contribution in [3.05, 3.63) is 24.3 Å². The largest absolute Gasteiger partial charge is 1.00 e. The zero-order chi connectivity index (χ0) is 12.9. The molecule has 1 aromatic carbocycles. The first kappa shape index (κ1) is 17.2. The van der Waals surface area contributed by atoms with Gasteiger partial charge in [0.25, 0.3) is 0 Å². The van der Waals surface area contributed by atoms with Crippen LogP contribution in [0.2, 0.25) is 0 Å². The van der Waals surface area contributed by atoms with Crippen molar-refractivity contribution in [2.24, 2.45) is 0 Å². The zero-order valence-corrected chi connectivity index (χ0v) is 13.5. The number of nitrogens with one attached hydrogen (secondary N) is 1. The molecule has 0 aliphatic rings. The number of halogens is 1. The molecular weight excluding hydrogens is 343 g/mol. The van der Waals surface area contributed by atoms with Crippen molar-refractivity contribution in [2.45, 2.75) is 13.8 Å². The molecule has 0 aliphatic carbocycles. The first-order valence-corrected chi connectivity index (χ1v) is 5.90. The average Bonchev–Trinajstić information content (AvgIpc) is 2.38. The van der Waals surface area contributed by atoms with E-state index in [1.54, 1.807) is 13.1 Å². The molecule has 0 saturated heterocycles. The van der Waals surface area contributed by atoms with Crippen LogP contribution in [0.25, 0.3) is 0 Å². The number of amides is 1. The number of quaternary nitrogens is 1. The van der Waals surface area contributed by atoms with Crippen molar-refractivity contribution in [3.8, 4) is 5.75 Å². The molecule has 0 aliphatic heterocycles. The molecule has 0 radical (unpaired) electrons. The summed E-state index contributed by atoms with van der Waals surface area (Å²) in [6, 6.07) is 7.68. The highest BCUT2D eigenvalue weighted by molar-refractivity contribution is 5.70. The molecule has 0 spiro atoms. The quantitative estimate of drug-likeness (QED) is 0.572. The Bertz CT molecular complexity index is 392. The molecule has 4 nitrogen and oxygen atoms in total. The number of rotatable bonds is 4. The Morgan fingerprint density at radius 1 is 1.33 bits per heavy atom. The lowest BCUT2D eigenvalue weighted by Gasteiger charge is -2.31. The molecule has 5 heteroatoms. The van der Waals surface area contributed by atoms with Crippen molar-refractivity contribution >= 4 is 11.8 Å². The van der Waals surface area contributed by atoms with E-state index in [1.807, 2.05) is 12.1 Å². The van der Waals surface area contributed by atoms with Gasteiger partial charge in [-0.25, -0.2) is 4.79 Å². The van der Waals surface area contributed by atoms with Crippen LogP contribution in [0.5, 0.6) is 5.75 Å². The van der Waals surface area contributed by atoms with Crippen LogP contribution in [0.1, 0.15) is 13.8 Å². The van der Waals surface area contributed by atoms with Crippen LogP contribution >= 0.6 is 0 Å². The highest BCUT2D eigenvalue weighted by atomic mass is 127. The Hall–Kier alpha value is -0.820. The van der Waals surface area contributed by atoms with Crippen molar-refractivity contribution in [1.29, 1.82) is 0 Å². The molecule has 1 amide bonds. The lowest BCUT2D eigenvalue weighted by atomic mass is 10.2. The van der Waals surface area contributed by atoms with Gasteiger partial charge in [-0.2, -0.15) is 0 Å². The van der Waals surface area contributed by atoms with Gasteiger partial charge in [-0.05, 0) is 26.0 Å². The summed E-state index contributed by atoms with van der Waals surface area (Å²) in [5, 5.41) is 2.43. The van der Waals surface area contributed by atoms with Gasteiger partial charge in [-0.15, -0.1) is 0 Å². The molecule has 102 valence electrons. The highest BCUT2D eigenvalue weighted by Gasteiger charge is 2.20. The third-order valence-electron chi connectivity index (χ3n) is 3.25. The summed E-state index contributed by atoms with van der Waals surface area (Å²) in [6.45, 7) is 6.30. The molecule has 0 atom stereocenters. The molecular formula is C13H21IN2O2. The minimum absolute atomic E-state index is 0. The van der Waals surface area contributed by atoms with Gasteiger partial charge in [0.1, 0.15) is 11.4 Å². The minimum Gasteiger partial charge on any atom is -1.00 e. The second kappa shape index (κ2) is 7.58. The smallest absolute Gasteiger partial charge is 0.412 e. The minimum atomic E-state index is -0.440. The van der Waals surface area contributed by atoms with E-state index in [-0.39, 0.29) is 24.0 Å². The van der Waals surface area contributed by atoms with Gasteiger partial charge in [-0.1, -0.05) is 6.07 Å². The first-order chi connectivity index (χ1) is 8.05. The summed E-state index contributed by atoms with van der Waals surface area (Å²) >= 11 is 0. The standard InChI is InChI=1S/C13H20N2O2.HI/c1-5-15(4,6-2)11-8-7-9-12(10-11)17-13(16)14-3;/h7-10H,5-6H2,1-4H3;1H. The number of benzene rings is 1. The van der Waals surface area contributed by atoms with Crippen LogP contribution in [-0.2, 0) is 0 Å². The predicted molar refractivity (Wildman–Crippen MR) is 70.3 cm³/mol. The molecule has 0 bridgehead atoms. The summed E-state index contributed by atoms with van der Waals surface area (Å²) in [5.74, 6) is 0.577. The van der Waals surface area contributed by atoms with Crippen LogP contribution in [0, 0.1) is 0 Å². The fourth-order valence-electron chi connectivity index (χ4n) is 1.63. The second-order valence-corrected chi connectivity index (χ2v) is 4.17. The lowest BCUT2D eigenvalue weighted by Crippen LogP contribution is -3.00. The summed E-state index contributed by atoms with van der Waals surface area (Å²) in [5.41, 5.74) is 1.15. The van der Waals surface area contributed by atoms with Gasteiger partial charge < -0.3 is 34.0 Å². The van der Waals surface area contributed by atoms with Crippen molar-refractivity contribution in [1.82, 2.24) is 9.80 Å². The number of nitrogens with zero attached hydrogens (tertiary/aromatic N) is 1. The van der Waals surface area contributed by atoms with Gasteiger partial charge in [0.2, 0.25) is 0 Å². The van der Waals surface area contributed by atoms with Crippen LogP contribution in [0.15, 0.2) is 24.3 Å². The Balaban J connectivity index is 0.00000289. The summed E-state index contributed by atoms with van der Waals surface area (Å²) in [4.78, 5) is 11.1. The monoisotopic (exact) mass is 364 g/mol. The molecule has 18 heavy (non-hydrogen) atoms. The van der Waals surface area contributed by atoms with Gasteiger partial charge in [-0.3, -0.25) is 4.48 Å². The maximum absolute atomic E-state index is 11.1. The highest BCUT2D eigenvalue weighted by Crippen LogP contribution is 2.25. The van der Waals surface area contributed by atoms with Crippen LogP contribution in [0.3, 0.4) is 0 Å². The molecule has 1 aromatic rings. The number of hydrogen-bond acceptors (Lipinski definition) is 2. The lowest BCUT2D eigenvalue weighted by molar-refractivity contribution is -0.00000866. The average molecular weight is 364 g/mol. The van der Waals surface area contributed by atoms with E-state index in [0.717, 1.165) is 23.3 Å². The predicted octanol–water partition coefficient (Wildman–Crippen LogP) is -0.614. The van der Waals surface area contributed by atoms with E-state index in [4.69, 9.17) is 4.74 Å². The molecule has 0 fully saturated rings. The SMILES string of the molecule is CC[N+](C)(CC)c1cccc(OC(=O)NC)c1.[I-]. The van der Waals surface area contributed by atoms with Crippen LogP contribution < -0.4 is 38.5 Å². The Labute approximate surface area is 126 Å². The van der Waals surface area contributed by atoms with Crippen molar-refractivity contribution in [2.75, 3.05) is 27.2 Å². The van der Waals surface area contributed by atoms with Crippen molar-refractivity contribution < 1.29 is 33.5 Å². The van der Waals surface area contributed by atoms with E-state index in [0.29, 0.717) is 5.75 Å².